The van der Waals surface area contributed by atoms with Crippen molar-refractivity contribution in [2.75, 3.05) is 13.7 Å². The zero-order valence-corrected chi connectivity index (χ0v) is 13.4. The Morgan fingerprint density at radius 2 is 2.00 bits per heavy atom. The highest BCUT2D eigenvalue weighted by Crippen LogP contribution is 2.28. The van der Waals surface area contributed by atoms with E-state index in [1.54, 1.807) is 0 Å². The number of nitrogens with zero attached hydrogens (tertiary/aromatic N) is 1. The third kappa shape index (κ3) is 4.05. The lowest BCUT2D eigenvalue weighted by Gasteiger charge is -2.15. The summed E-state index contributed by atoms with van der Waals surface area (Å²) in [6, 6.07) is 8.23. The Morgan fingerprint density at radius 3 is 2.70 bits per heavy atom. The molecular formula is C16H19BrN2O. The van der Waals surface area contributed by atoms with E-state index in [0.29, 0.717) is 6.61 Å². The van der Waals surface area contributed by atoms with Crippen molar-refractivity contribution in [2.45, 2.75) is 19.9 Å². The van der Waals surface area contributed by atoms with Crippen molar-refractivity contribution in [2.24, 2.45) is 0 Å². The second kappa shape index (κ2) is 7.41. The lowest BCUT2D eigenvalue weighted by atomic mass is 10.1. The Hall–Kier alpha value is -1.39. The van der Waals surface area contributed by atoms with Gasteiger partial charge in [-0.25, -0.2) is 0 Å². The maximum Gasteiger partial charge on any atom is 0.126 e. The quantitative estimate of drug-likeness (QED) is 0.877. The largest absolute Gasteiger partial charge is 0.493 e. The van der Waals surface area contributed by atoms with Gasteiger partial charge in [0.1, 0.15) is 5.75 Å². The molecule has 0 amide bonds. The third-order valence-electron chi connectivity index (χ3n) is 3.07. The van der Waals surface area contributed by atoms with Gasteiger partial charge in [0, 0.05) is 35.4 Å². The Labute approximate surface area is 128 Å². The molecule has 0 saturated carbocycles. The van der Waals surface area contributed by atoms with E-state index >= 15 is 0 Å². The third-order valence-corrected chi connectivity index (χ3v) is 3.53. The van der Waals surface area contributed by atoms with Crippen molar-refractivity contribution in [3.63, 3.8) is 0 Å². The predicted molar refractivity (Wildman–Crippen MR) is 85.1 cm³/mol. The van der Waals surface area contributed by atoms with Gasteiger partial charge >= 0.3 is 0 Å². The van der Waals surface area contributed by atoms with E-state index in [1.165, 1.54) is 11.1 Å². The Kier molecular flexibility index (Phi) is 5.56. The molecule has 4 heteroatoms. The van der Waals surface area contributed by atoms with Crippen molar-refractivity contribution in [3.8, 4) is 5.75 Å². The first-order chi connectivity index (χ1) is 9.70. The molecule has 0 bridgehead atoms. The highest BCUT2D eigenvalue weighted by atomic mass is 79.9. The lowest BCUT2D eigenvalue weighted by Crippen LogP contribution is -2.10. The van der Waals surface area contributed by atoms with E-state index in [9.17, 15) is 0 Å². The average Bonchev–Trinajstić information content (AvgIpc) is 2.43. The number of hydrogen-bond acceptors (Lipinski definition) is 3. The maximum atomic E-state index is 6.00. The number of halogens is 1. The van der Waals surface area contributed by atoms with Crippen LogP contribution in [0.15, 0.2) is 41.1 Å². The summed E-state index contributed by atoms with van der Waals surface area (Å²) < 4.78 is 7.08. The summed E-state index contributed by atoms with van der Waals surface area (Å²) >= 11 is 3.53. The van der Waals surface area contributed by atoms with Crippen LogP contribution in [0, 0.1) is 6.92 Å². The van der Waals surface area contributed by atoms with Crippen LogP contribution in [0.1, 0.15) is 16.7 Å². The molecule has 0 atom stereocenters. The van der Waals surface area contributed by atoms with Crippen LogP contribution in [-0.4, -0.2) is 18.6 Å². The monoisotopic (exact) mass is 334 g/mol. The molecule has 106 valence electrons. The Balaban J connectivity index is 2.05. The van der Waals surface area contributed by atoms with Gasteiger partial charge in [-0.3, -0.25) is 4.98 Å². The number of aryl methyl sites for hydroxylation is 1. The summed E-state index contributed by atoms with van der Waals surface area (Å²) in [7, 11) is 1.94. The number of benzene rings is 1. The van der Waals surface area contributed by atoms with Crippen molar-refractivity contribution < 1.29 is 4.74 Å². The number of hydrogen-bond donors (Lipinski definition) is 1. The molecule has 0 fully saturated rings. The van der Waals surface area contributed by atoms with Gasteiger partial charge in [0.2, 0.25) is 0 Å². The normalized spacial score (nSPS) is 10.6. The Bertz CT molecular complexity index is 558. The zero-order valence-electron chi connectivity index (χ0n) is 11.8. The summed E-state index contributed by atoms with van der Waals surface area (Å²) in [5, 5.41) is 3.18. The maximum absolute atomic E-state index is 6.00. The highest BCUT2D eigenvalue weighted by Gasteiger charge is 2.08. The van der Waals surface area contributed by atoms with Gasteiger partial charge in [-0.05, 0) is 49.4 Å². The van der Waals surface area contributed by atoms with Crippen LogP contribution in [0.4, 0.5) is 0 Å². The SMILES string of the molecule is CNCc1cc(Br)cc(C)c1OCCc1ccncc1. The minimum Gasteiger partial charge on any atom is -0.493 e. The fourth-order valence-electron chi connectivity index (χ4n) is 2.15. The predicted octanol–water partition coefficient (Wildman–Crippen LogP) is 3.49. The first-order valence-electron chi connectivity index (χ1n) is 6.66. The molecule has 0 aliphatic heterocycles. The average molecular weight is 335 g/mol. The van der Waals surface area contributed by atoms with Crippen molar-refractivity contribution in [1.29, 1.82) is 0 Å². The van der Waals surface area contributed by atoms with E-state index in [4.69, 9.17) is 4.74 Å². The van der Waals surface area contributed by atoms with E-state index in [0.717, 1.165) is 28.8 Å². The van der Waals surface area contributed by atoms with Crippen molar-refractivity contribution in [1.82, 2.24) is 10.3 Å². The first-order valence-corrected chi connectivity index (χ1v) is 7.45. The summed E-state index contributed by atoms with van der Waals surface area (Å²) in [6.45, 7) is 3.54. The number of aromatic nitrogens is 1. The molecule has 3 nitrogen and oxygen atoms in total. The van der Waals surface area contributed by atoms with E-state index in [-0.39, 0.29) is 0 Å². The van der Waals surface area contributed by atoms with Crippen LogP contribution in [0.3, 0.4) is 0 Å². The smallest absolute Gasteiger partial charge is 0.126 e. The molecule has 0 aliphatic carbocycles. The van der Waals surface area contributed by atoms with Gasteiger partial charge in [0.15, 0.2) is 0 Å². The van der Waals surface area contributed by atoms with Gasteiger partial charge in [0.25, 0.3) is 0 Å². The van der Waals surface area contributed by atoms with Gasteiger partial charge in [0.05, 0.1) is 6.61 Å². The van der Waals surface area contributed by atoms with E-state index < -0.39 is 0 Å². The number of pyridine rings is 1. The fourth-order valence-corrected chi connectivity index (χ4v) is 2.77. The molecule has 0 saturated heterocycles. The van der Waals surface area contributed by atoms with Crippen LogP contribution in [0.25, 0.3) is 0 Å². The molecule has 1 aromatic heterocycles. The summed E-state index contributed by atoms with van der Waals surface area (Å²) in [5.41, 5.74) is 3.57. The van der Waals surface area contributed by atoms with Gasteiger partial charge in [-0.1, -0.05) is 15.9 Å². The molecule has 2 rings (SSSR count). The molecule has 0 radical (unpaired) electrons. The van der Waals surface area contributed by atoms with Crippen LogP contribution >= 0.6 is 15.9 Å². The number of rotatable bonds is 6. The molecule has 0 unspecified atom stereocenters. The van der Waals surface area contributed by atoms with Gasteiger partial charge in [-0.2, -0.15) is 0 Å². The number of ether oxygens (including phenoxy) is 1. The number of nitrogens with one attached hydrogen (secondary N) is 1. The van der Waals surface area contributed by atoms with Gasteiger partial charge in [-0.15, -0.1) is 0 Å². The molecular weight excluding hydrogens is 316 g/mol. The molecule has 20 heavy (non-hydrogen) atoms. The van der Waals surface area contributed by atoms with E-state index in [1.807, 2.05) is 31.6 Å². The second-order valence-electron chi connectivity index (χ2n) is 4.70. The molecule has 0 aliphatic rings. The zero-order chi connectivity index (χ0) is 14.4. The van der Waals surface area contributed by atoms with Crippen LogP contribution in [0.5, 0.6) is 5.75 Å². The van der Waals surface area contributed by atoms with E-state index in [2.05, 4.69) is 45.3 Å². The van der Waals surface area contributed by atoms with Crippen molar-refractivity contribution >= 4 is 15.9 Å². The fraction of sp³-hybridized carbons (Fsp3) is 0.312. The lowest BCUT2D eigenvalue weighted by molar-refractivity contribution is 0.315. The van der Waals surface area contributed by atoms with Crippen LogP contribution < -0.4 is 10.1 Å². The Morgan fingerprint density at radius 1 is 1.25 bits per heavy atom. The van der Waals surface area contributed by atoms with Crippen LogP contribution in [0.2, 0.25) is 0 Å². The minimum atomic E-state index is 0.670. The first kappa shape index (κ1) is 15.0. The van der Waals surface area contributed by atoms with Crippen molar-refractivity contribution in [3.05, 3.63) is 57.8 Å². The molecule has 1 heterocycles. The molecule has 1 aromatic carbocycles. The molecule has 1 N–H and O–H groups in total. The topological polar surface area (TPSA) is 34.1 Å². The standard InChI is InChI=1S/C16H19BrN2O/c1-12-9-15(17)10-14(11-18-2)16(12)20-8-5-13-3-6-19-7-4-13/h3-4,6-7,9-10,18H,5,8,11H2,1-2H3. The summed E-state index contributed by atoms with van der Waals surface area (Å²) in [6.07, 6.45) is 4.51. The second-order valence-corrected chi connectivity index (χ2v) is 5.61. The molecule has 0 spiro atoms. The summed E-state index contributed by atoms with van der Waals surface area (Å²) in [4.78, 5) is 4.02. The van der Waals surface area contributed by atoms with Crippen LogP contribution in [-0.2, 0) is 13.0 Å². The molecule has 2 aromatic rings. The summed E-state index contributed by atoms with van der Waals surface area (Å²) in [5.74, 6) is 0.983. The van der Waals surface area contributed by atoms with Gasteiger partial charge < -0.3 is 10.1 Å². The highest BCUT2D eigenvalue weighted by molar-refractivity contribution is 9.10. The minimum absolute atomic E-state index is 0.670.